The molecule has 0 aliphatic heterocycles. The number of aliphatic hydroxyl groups is 1. The molecule has 0 atom stereocenters. The molecule has 0 bridgehead atoms. The number of benzene rings is 1. The SMILES string of the molecule is Nc1cccc(OCCC(=O)NCC2(O)CCC2)c1. The fourth-order valence-electron chi connectivity index (χ4n) is 1.98. The first-order valence-corrected chi connectivity index (χ1v) is 6.55. The van der Waals surface area contributed by atoms with Crippen molar-refractivity contribution in [2.24, 2.45) is 0 Å². The van der Waals surface area contributed by atoms with Gasteiger partial charge in [-0.3, -0.25) is 4.79 Å². The van der Waals surface area contributed by atoms with Crippen molar-refractivity contribution in [3.8, 4) is 5.75 Å². The maximum Gasteiger partial charge on any atom is 0.223 e. The van der Waals surface area contributed by atoms with Crippen LogP contribution in [-0.2, 0) is 4.79 Å². The van der Waals surface area contributed by atoms with Crippen molar-refractivity contribution in [3.05, 3.63) is 24.3 Å². The summed E-state index contributed by atoms with van der Waals surface area (Å²) in [5.74, 6) is 0.551. The first-order valence-electron chi connectivity index (χ1n) is 6.55. The summed E-state index contributed by atoms with van der Waals surface area (Å²) in [5.41, 5.74) is 5.58. The van der Waals surface area contributed by atoms with Crippen molar-refractivity contribution in [1.82, 2.24) is 5.32 Å². The highest BCUT2D eigenvalue weighted by Gasteiger charge is 2.34. The Morgan fingerprint density at radius 2 is 2.26 bits per heavy atom. The average molecular weight is 264 g/mol. The number of nitrogens with one attached hydrogen (secondary N) is 1. The standard InChI is InChI=1S/C14H20N2O3/c15-11-3-1-4-12(9-11)19-8-5-13(17)16-10-14(18)6-2-7-14/h1,3-4,9,18H,2,5-8,10,15H2,(H,16,17). The minimum absolute atomic E-state index is 0.107. The van der Waals surface area contributed by atoms with Gasteiger partial charge in [0.25, 0.3) is 0 Å². The number of hydrogen-bond acceptors (Lipinski definition) is 4. The van der Waals surface area contributed by atoms with Gasteiger partial charge in [0.2, 0.25) is 5.91 Å². The van der Waals surface area contributed by atoms with E-state index in [0.717, 1.165) is 19.3 Å². The van der Waals surface area contributed by atoms with Gasteiger partial charge in [-0.1, -0.05) is 6.07 Å². The Hall–Kier alpha value is -1.75. The van der Waals surface area contributed by atoms with E-state index in [9.17, 15) is 9.90 Å². The van der Waals surface area contributed by atoms with E-state index in [1.165, 1.54) is 0 Å². The van der Waals surface area contributed by atoms with Gasteiger partial charge >= 0.3 is 0 Å². The lowest BCUT2D eigenvalue weighted by Gasteiger charge is -2.36. The molecule has 0 radical (unpaired) electrons. The molecule has 0 spiro atoms. The first kappa shape index (κ1) is 13.7. The van der Waals surface area contributed by atoms with Gasteiger partial charge in [-0.25, -0.2) is 0 Å². The third kappa shape index (κ3) is 4.13. The topological polar surface area (TPSA) is 84.6 Å². The largest absolute Gasteiger partial charge is 0.493 e. The minimum atomic E-state index is -0.676. The highest BCUT2D eigenvalue weighted by molar-refractivity contribution is 5.76. The molecule has 1 aromatic rings. The van der Waals surface area contributed by atoms with Crippen LogP contribution in [0.2, 0.25) is 0 Å². The van der Waals surface area contributed by atoms with E-state index in [1.54, 1.807) is 24.3 Å². The number of amides is 1. The normalized spacial score (nSPS) is 16.5. The van der Waals surface area contributed by atoms with Gasteiger partial charge in [-0.05, 0) is 31.4 Å². The Morgan fingerprint density at radius 3 is 2.89 bits per heavy atom. The van der Waals surface area contributed by atoms with Crippen LogP contribution in [0.4, 0.5) is 5.69 Å². The maximum absolute atomic E-state index is 11.6. The van der Waals surface area contributed by atoms with Gasteiger partial charge in [0.1, 0.15) is 5.75 Å². The highest BCUT2D eigenvalue weighted by atomic mass is 16.5. The lowest BCUT2D eigenvalue weighted by atomic mass is 9.80. The van der Waals surface area contributed by atoms with E-state index in [4.69, 9.17) is 10.5 Å². The molecule has 1 fully saturated rings. The first-order chi connectivity index (χ1) is 9.07. The van der Waals surface area contributed by atoms with Crippen molar-refractivity contribution in [3.63, 3.8) is 0 Å². The Kier molecular flexibility index (Phi) is 4.27. The molecule has 1 saturated carbocycles. The van der Waals surface area contributed by atoms with Crippen LogP contribution in [0, 0.1) is 0 Å². The van der Waals surface area contributed by atoms with E-state index in [1.807, 2.05) is 0 Å². The van der Waals surface area contributed by atoms with Crippen LogP contribution >= 0.6 is 0 Å². The molecular formula is C14H20N2O3. The molecule has 104 valence electrons. The predicted molar refractivity (Wildman–Crippen MR) is 72.8 cm³/mol. The van der Waals surface area contributed by atoms with E-state index in [2.05, 4.69) is 5.32 Å². The molecule has 0 aromatic heterocycles. The van der Waals surface area contributed by atoms with Crippen LogP contribution in [0.3, 0.4) is 0 Å². The number of hydrogen-bond donors (Lipinski definition) is 3. The molecule has 2 rings (SSSR count). The zero-order chi connectivity index (χ0) is 13.7. The lowest BCUT2D eigenvalue weighted by Crippen LogP contribution is -2.47. The zero-order valence-corrected chi connectivity index (χ0v) is 10.9. The molecule has 0 unspecified atom stereocenters. The maximum atomic E-state index is 11.6. The fraction of sp³-hybridized carbons (Fsp3) is 0.500. The van der Waals surface area contributed by atoms with Crippen LogP contribution in [0.15, 0.2) is 24.3 Å². The molecule has 1 amide bonds. The summed E-state index contributed by atoms with van der Waals surface area (Å²) in [6.07, 6.45) is 2.84. The molecule has 0 saturated heterocycles. The predicted octanol–water partition coefficient (Wildman–Crippen LogP) is 1.07. The Labute approximate surface area is 112 Å². The minimum Gasteiger partial charge on any atom is -0.493 e. The van der Waals surface area contributed by atoms with Crippen LogP contribution in [0.1, 0.15) is 25.7 Å². The smallest absolute Gasteiger partial charge is 0.223 e. The van der Waals surface area contributed by atoms with Crippen LogP contribution in [-0.4, -0.2) is 29.8 Å². The Balaban J connectivity index is 1.63. The fourth-order valence-corrected chi connectivity index (χ4v) is 1.98. The van der Waals surface area contributed by atoms with Crippen molar-refractivity contribution < 1.29 is 14.6 Å². The number of anilines is 1. The molecule has 19 heavy (non-hydrogen) atoms. The molecule has 5 nitrogen and oxygen atoms in total. The van der Waals surface area contributed by atoms with E-state index in [-0.39, 0.29) is 12.3 Å². The van der Waals surface area contributed by atoms with Gasteiger partial charge in [0.05, 0.1) is 18.6 Å². The highest BCUT2D eigenvalue weighted by Crippen LogP contribution is 2.30. The molecule has 4 N–H and O–H groups in total. The second kappa shape index (κ2) is 5.93. The average Bonchev–Trinajstić information content (AvgIpc) is 2.34. The van der Waals surface area contributed by atoms with Crippen LogP contribution in [0.5, 0.6) is 5.75 Å². The third-order valence-corrected chi connectivity index (χ3v) is 3.35. The van der Waals surface area contributed by atoms with Crippen LogP contribution < -0.4 is 15.8 Å². The number of ether oxygens (including phenoxy) is 1. The second-order valence-corrected chi connectivity index (χ2v) is 5.03. The van der Waals surface area contributed by atoms with Crippen molar-refractivity contribution in [2.45, 2.75) is 31.3 Å². The van der Waals surface area contributed by atoms with Gasteiger partial charge in [-0.2, -0.15) is 0 Å². The molecule has 5 heteroatoms. The Morgan fingerprint density at radius 1 is 1.47 bits per heavy atom. The van der Waals surface area contributed by atoms with Gasteiger partial charge in [-0.15, -0.1) is 0 Å². The summed E-state index contributed by atoms with van der Waals surface area (Å²) in [5, 5.41) is 12.6. The van der Waals surface area contributed by atoms with Gasteiger partial charge in [0.15, 0.2) is 0 Å². The number of nitrogen functional groups attached to an aromatic ring is 1. The third-order valence-electron chi connectivity index (χ3n) is 3.35. The second-order valence-electron chi connectivity index (χ2n) is 5.03. The number of rotatable bonds is 6. The summed E-state index contributed by atoms with van der Waals surface area (Å²) in [6.45, 7) is 0.637. The lowest BCUT2D eigenvalue weighted by molar-refractivity contribution is -0.124. The van der Waals surface area contributed by atoms with Gasteiger partial charge < -0.3 is 20.9 Å². The number of carbonyl (C=O) groups is 1. The van der Waals surface area contributed by atoms with Crippen molar-refractivity contribution in [2.75, 3.05) is 18.9 Å². The zero-order valence-electron chi connectivity index (χ0n) is 10.9. The summed E-state index contributed by atoms with van der Waals surface area (Å²) in [7, 11) is 0. The number of nitrogens with two attached hydrogens (primary N) is 1. The summed E-state index contributed by atoms with van der Waals surface area (Å²) >= 11 is 0. The van der Waals surface area contributed by atoms with Crippen LogP contribution in [0.25, 0.3) is 0 Å². The van der Waals surface area contributed by atoms with E-state index in [0.29, 0.717) is 24.6 Å². The van der Waals surface area contributed by atoms with Crippen molar-refractivity contribution >= 4 is 11.6 Å². The molecular weight excluding hydrogens is 244 g/mol. The number of carbonyl (C=O) groups excluding carboxylic acids is 1. The Bertz CT molecular complexity index is 444. The monoisotopic (exact) mass is 264 g/mol. The van der Waals surface area contributed by atoms with Gasteiger partial charge in [0, 0.05) is 18.3 Å². The molecule has 1 aliphatic carbocycles. The van der Waals surface area contributed by atoms with E-state index >= 15 is 0 Å². The molecule has 1 aliphatic rings. The summed E-state index contributed by atoms with van der Waals surface area (Å²) < 4.78 is 5.43. The van der Waals surface area contributed by atoms with Crippen molar-refractivity contribution in [1.29, 1.82) is 0 Å². The molecule has 0 heterocycles. The quantitative estimate of drug-likeness (QED) is 0.671. The van der Waals surface area contributed by atoms with E-state index < -0.39 is 5.60 Å². The summed E-state index contributed by atoms with van der Waals surface area (Å²) in [4.78, 5) is 11.6. The summed E-state index contributed by atoms with van der Waals surface area (Å²) in [6, 6.07) is 7.09. The molecule has 1 aromatic carbocycles.